The van der Waals surface area contributed by atoms with E-state index in [0.29, 0.717) is 6.61 Å². The number of ether oxygens (including phenoxy) is 2. The zero-order chi connectivity index (χ0) is 14.6. The molecule has 2 fully saturated rings. The zero-order valence-electron chi connectivity index (χ0n) is 12.3. The highest BCUT2D eigenvalue weighted by atomic mass is 32.2. The highest BCUT2D eigenvalue weighted by molar-refractivity contribution is 7.99. The summed E-state index contributed by atoms with van der Waals surface area (Å²) in [6, 6.07) is 0. The molecule has 0 bridgehead atoms. The van der Waals surface area contributed by atoms with Crippen LogP contribution in [0, 0.1) is 0 Å². The van der Waals surface area contributed by atoms with Gasteiger partial charge in [0.05, 0.1) is 19.1 Å². The van der Waals surface area contributed by atoms with Crippen LogP contribution in [0.1, 0.15) is 39.0 Å². The lowest BCUT2D eigenvalue weighted by Crippen LogP contribution is -2.46. The SMILES string of the molecule is COC(=O)CC(C)S(=O)C1CCOC2(CCSCC2)C1. The molecule has 2 aliphatic heterocycles. The van der Waals surface area contributed by atoms with Crippen LogP contribution in [0.4, 0.5) is 0 Å². The highest BCUT2D eigenvalue weighted by Crippen LogP contribution is 2.39. The average molecular weight is 320 g/mol. The van der Waals surface area contributed by atoms with Gasteiger partial charge in [0.1, 0.15) is 0 Å². The summed E-state index contributed by atoms with van der Waals surface area (Å²) in [6.07, 6.45) is 4.09. The molecule has 0 aliphatic carbocycles. The Labute approximate surface area is 127 Å². The lowest BCUT2D eigenvalue weighted by atomic mass is 9.88. The molecule has 4 nitrogen and oxygen atoms in total. The molecule has 2 aliphatic rings. The van der Waals surface area contributed by atoms with E-state index in [-0.39, 0.29) is 28.5 Å². The average Bonchev–Trinajstić information content (AvgIpc) is 2.47. The van der Waals surface area contributed by atoms with Gasteiger partial charge in [-0.1, -0.05) is 6.92 Å². The third kappa shape index (κ3) is 3.98. The molecule has 116 valence electrons. The number of rotatable bonds is 4. The summed E-state index contributed by atoms with van der Waals surface area (Å²) in [6.45, 7) is 2.58. The molecule has 20 heavy (non-hydrogen) atoms. The number of thioether (sulfide) groups is 1. The minimum absolute atomic E-state index is 0.0468. The lowest BCUT2D eigenvalue weighted by molar-refractivity contribution is -0.140. The van der Waals surface area contributed by atoms with Crippen LogP contribution in [0.5, 0.6) is 0 Å². The normalized spacial score (nSPS) is 28.8. The molecule has 0 aromatic heterocycles. The van der Waals surface area contributed by atoms with Crippen molar-refractivity contribution in [3.8, 4) is 0 Å². The predicted molar refractivity (Wildman–Crippen MR) is 82.5 cm³/mol. The first-order valence-corrected chi connectivity index (χ1v) is 9.67. The van der Waals surface area contributed by atoms with Crippen LogP contribution in [-0.4, -0.2) is 51.5 Å². The van der Waals surface area contributed by atoms with Gasteiger partial charge in [0.2, 0.25) is 0 Å². The van der Waals surface area contributed by atoms with Gasteiger partial charge in [-0.3, -0.25) is 9.00 Å². The summed E-state index contributed by atoms with van der Waals surface area (Å²) in [5, 5.41) is 0.0204. The molecule has 2 saturated heterocycles. The van der Waals surface area contributed by atoms with Crippen molar-refractivity contribution in [2.45, 2.75) is 55.1 Å². The van der Waals surface area contributed by atoms with Gasteiger partial charge in [0.25, 0.3) is 0 Å². The Kier molecular flexibility index (Phi) is 5.93. The molecule has 0 saturated carbocycles. The maximum absolute atomic E-state index is 12.6. The fourth-order valence-corrected chi connectivity index (χ4v) is 5.99. The summed E-state index contributed by atoms with van der Waals surface area (Å²) in [5.74, 6) is 2.00. The topological polar surface area (TPSA) is 52.6 Å². The van der Waals surface area contributed by atoms with Gasteiger partial charge in [-0.05, 0) is 37.2 Å². The van der Waals surface area contributed by atoms with E-state index < -0.39 is 10.8 Å². The summed E-state index contributed by atoms with van der Waals surface area (Å²) in [7, 11) is 0.387. The first-order valence-electron chi connectivity index (χ1n) is 7.24. The van der Waals surface area contributed by atoms with E-state index in [2.05, 4.69) is 4.74 Å². The standard InChI is InChI=1S/C14H24O4S2/c1-11(9-13(15)17-2)20(16)12-3-6-18-14(10-12)4-7-19-8-5-14/h11-12H,3-10H2,1-2H3. The molecule has 3 atom stereocenters. The van der Waals surface area contributed by atoms with E-state index in [0.717, 1.165) is 37.2 Å². The van der Waals surface area contributed by atoms with Crippen molar-refractivity contribution in [2.24, 2.45) is 0 Å². The highest BCUT2D eigenvalue weighted by Gasteiger charge is 2.41. The molecule has 1 spiro atoms. The van der Waals surface area contributed by atoms with E-state index in [9.17, 15) is 9.00 Å². The molecular formula is C14H24O4S2. The van der Waals surface area contributed by atoms with Crippen molar-refractivity contribution < 1.29 is 18.5 Å². The van der Waals surface area contributed by atoms with Gasteiger partial charge in [-0.15, -0.1) is 0 Å². The molecule has 0 aromatic carbocycles. The van der Waals surface area contributed by atoms with Crippen molar-refractivity contribution >= 4 is 28.5 Å². The molecule has 2 rings (SSSR count). The summed E-state index contributed by atoms with van der Waals surface area (Å²) in [5.41, 5.74) is -0.0468. The molecule has 0 radical (unpaired) electrons. The Morgan fingerprint density at radius 1 is 1.50 bits per heavy atom. The maximum atomic E-state index is 12.6. The third-order valence-corrected chi connectivity index (χ3v) is 7.26. The largest absolute Gasteiger partial charge is 0.469 e. The molecule has 6 heteroatoms. The number of hydrogen-bond acceptors (Lipinski definition) is 5. The van der Waals surface area contributed by atoms with Crippen LogP contribution >= 0.6 is 11.8 Å². The van der Waals surface area contributed by atoms with Crippen molar-refractivity contribution in [3.63, 3.8) is 0 Å². The van der Waals surface area contributed by atoms with E-state index in [1.165, 1.54) is 7.11 Å². The van der Waals surface area contributed by atoms with E-state index in [1.54, 1.807) is 0 Å². The van der Waals surface area contributed by atoms with Crippen LogP contribution in [0.2, 0.25) is 0 Å². The Morgan fingerprint density at radius 2 is 2.20 bits per heavy atom. The van der Waals surface area contributed by atoms with Crippen molar-refractivity contribution in [1.82, 2.24) is 0 Å². The number of carbonyl (C=O) groups is 1. The Hall–Kier alpha value is -0.0700. The van der Waals surface area contributed by atoms with Crippen LogP contribution in [-0.2, 0) is 25.1 Å². The van der Waals surface area contributed by atoms with Crippen molar-refractivity contribution in [1.29, 1.82) is 0 Å². The maximum Gasteiger partial charge on any atom is 0.306 e. The molecule has 0 amide bonds. The van der Waals surface area contributed by atoms with E-state index in [4.69, 9.17) is 4.74 Å². The van der Waals surface area contributed by atoms with Gasteiger partial charge < -0.3 is 9.47 Å². The monoisotopic (exact) mass is 320 g/mol. The Morgan fingerprint density at radius 3 is 2.85 bits per heavy atom. The summed E-state index contributed by atoms with van der Waals surface area (Å²) >= 11 is 1.97. The number of carbonyl (C=O) groups excluding carboxylic acids is 1. The zero-order valence-corrected chi connectivity index (χ0v) is 13.9. The van der Waals surface area contributed by atoms with Crippen LogP contribution in [0.25, 0.3) is 0 Å². The predicted octanol–water partition coefficient (Wildman–Crippen LogP) is 2.13. The van der Waals surface area contributed by atoms with Crippen LogP contribution in [0.3, 0.4) is 0 Å². The number of esters is 1. The summed E-state index contributed by atoms with van der Waals surface area (Å²) < 4.78 is 23.3. The van der Waals surface area contributed by atoms with Crippen LogP contribution < -0.4 is 0 Å². The fourth-order valence-electron chi connectivity index (χ4n) is 3.00. The van der Waals surface area contributed by atoms with Gasteiger partial charge in [0, 0.05) is 27.9 Å². The van der Waals surface area contributed by atoms with Crippen molar-refractivity contribution in [3.05, 3.63) is 0 Å². The van der Waals surface area contributed by atoms with Crippen LogP contribution in [0.15, 0.2) is 0 Å². The molecule has 3 unspecified atom stereocenters. The van der Waals surface area contributed by atoms with Crippen molar-refractivity contribution in [2.75, 3.05) is 25.2 Å². The number of methoxy groups -OCH3 is 1. The van der Waals surface area contributed by atoms with E-state index in [1.807, 2.05) is 18.7 Å². The lowest BCUT2D eigenvalue weighted by Gasteiger charge is -2.43. The molecule has 0 aromatic rings. The molecule has 0 N–H and O–H groups in total. The second-order valence-corrected chi connectivity index (χ2v) is 9.03. The first kappa shape index (κ1) is 16.3. The second kappa shape index (κ2) is 7.27. The van der Waals surface area contributed by atoms with Gasteiger partial charge in [-0.25, -0.2) is 0 Å². The minimum atomic E-state index is -0.989. The number of hydrogen-bond donors (Lipinski definition) is 0. The van der Waals surface area contributed by atoms with Gasteiger partial charge >= 0.3 is 5.97 Å². The fraction of sp³-hybridized carbons (Fsp3) is 0.929. The quantitative estimate of drug-likeness (QED) is 0.743. The van der Waals surface area contributed by atoms with Gasteiger partial charge in [0.15, 0.2) is 0 Å². The summed E-state index contributed by atoms with van der Waals surface area (Å²) in [4.78, 5) is 11.3. The van der Waals surface area contributed by atoms with Gasteiger partial charge in [-0.2, -0.15) is 11.8 Å². The smallest absolute Gasteiger partial charge is 0.306 e. The third-order valence-electron chi connectivity index (χ3n) is 4.26. The molecule has 2 heterocycles. The minimum Gasteiger partial charge on any atom is -0.469 e. The van der Waals surface area contributed by atoms with E-state index >= 15 is 0 Å². The Balaban J connectivity index is 1.94. The Bertz CT molecular complexity index is 361. The second-order valence-electron chi connectivity index (χ2n) is 5.68. The molecular weight excluding hydrogens is 296 g/mol. The first-order chi connectivity index (χ1) is 9.56.